The molecule has 112 valence electrons. The molecule has 0 bridgehead atoms. The van der Waals surface area contributed by atoms with Gasteiger partial charge < -0.3 is 9.84 Å². The molecule has 7 heteroatoms. The molecule has 2 aliphatic rings. The van der Waals surface area contributed by atoms with Crippen molar-refractivity contribution in [2.75, 3.05) is 0 Å². The number of hydrogen-bond donors (Lipinski definition) is 1. The predicted molar refractivity (Wildman–Crippen MR) is 74.6 cm³/mol. The minimum atomic E-state index is 0.395. The summed E-state index contributed by atoms with van der Waals surface area (Å²) in [5, 5.41) is 12.1. The molecule has 1 saturated carbocycles. The first-order chi connectivity index (χ1) is 10.3. The Morgan fingerprint density at radius 3 is 2.95 bits per heavy atom. The van der Waals surface area contributed by atoms with Crippen molar-refractivity contribution < 1.29 is 4.52 Å². The Morgan fingerprint density at radius 1 is 1.24 bits per heavy atom. The van der Waals surface area contributed by atoms with E-state index < -0.39 is 0 Å². The van der Waals surface area contributed by atoms with Crippen LogP contribution in [-0.4, -0.2) is 30.9 Å². The fourth-order valence-corrected chi connectivity index (χ4v) is 2.75. The van der Waals surface area contributed by atoms with Crippen LogP contribution in [0.4, 0.5) is 0 Å². The number of aryl methyl sites for hydroxylation is 2. The van der Waals surface area contributed by atoms with Gasteiger partial charge in [0.2, 0.25) is 5.89 Å². The maximum absolute atomic E-state index is 5.27. The minimum absolute atomic E-state index is 0.395. The summed E-state index contributed by atoms with van der Waals surface area (Å²) < 4.78 is 7.31. The van der Waals surface area contributed by atoms with E-state index in [1.54, 1.807) is 0 Å². The summed E-state index contributed by atoms with van der Waals surface area (Å²) >= 11 is 0. The summed E-state index contributed by atoms with van der Waals surface area (Å²) in [7, 11) is 0. The molecule has 1 N–H and O–H groups in total. The number of fused-ring (bicyclic) bond motifs is 1. The highest BCUT2D eigenvalue weighted by Crippen LogP contribution is 2.38. The number of aromatic nitrogens is 5. The number of hydrogen-bond acceptors (Lipinski definition) is 6. The Bertz CT molecular complexity index is 629. The second-order valence-corrected chi connectivity index (χ2v) is 5.92. The molecule has 2 aromatic heterocycles. The molecule has 2 aromatic rings. The molecule has 21 heavy (non-hydrogen) atoms. The van der Waals surface area contributed by atoms with Crippen LogP contribution in [0.5, 0.6) is 0 Å². The smallest absolute Gasteiger partial charge is 0.229 e. The lowest BCUT2D eigenvalue weighted by Crippen LogP contribution is -2.37. The fourth-order valence-electron chi connectivity index (χ4n) is 2.75. The zero-order valence-corrected chi connectivity index (χ0v) is 12.2. The van der Waals surface area contributed by atoms with Gasteiger partial charge in [0.1, 0.15) is 5.82 Å². The van der Waals surface area contributed by atoms with Gasteiger partial charge in [0.25, 0.3) is 0 Å². The van der Waals surface area contributed by atoms with Gasteiger partial charge in [-0.1, -0.05) is 12.1 Å². The number of rotatable bonds is 5. The van der Waals surface area contributed by atoms with Crippen molar-refractivity contribution >= 4 is 0 Å². The summed E-state index contributed by atoms with van der Waals surface area (Å²) in [6, 6.07) is 0.395. The topological polar surface area (TPSA) is 81.7 Å². The lowest BCUT2D eigenvalue weighted by molar-refractivity contribution is 0.345. The molecular formula is C14H20N6O. The van der Waals surface area contributed by atoms with Gasteiger partial charge in [-0.05, 0) is 19.3 Å². The molecule has 7 nitrogen and oxygen atoms in total. The van der Waals surface area contributed by atoms with Gasteiger partial charge >= 0.3 is 0 Å². The lowest BCUT2D eigenvalue weighted by atomic mass is 10.1. The normalized spacial score (nSPS) is 21.5. The minimum Gasteiger partial charge on any atom is -0.339 e. The van der Waals surface area contributed by atoms with Crippen LogP contribution in [0, 0.1) is 0 Å². The van der Waals surface area contributed by atoms with E-state index in [2.05, 4.69) is 32.5 Å². The second kappa shape index (κ2) is 5.22. The average Bonchev–Trinajstić information content (AvgIpc) is 3.11. The van der Waals surface area contributed by atoms with Crippen LogP contribution in [-0.2, 0) is 25.9 Å². The van der Waals surface area contributed by atoms with E-state index in [1.165, 1.54) is 12.8 Å². The molecule has 1 fully saturated rings. The first-order valence-corrected chi connectivity index (χ1v) is 7.80. The van der Waals surface area contributed by atoms with Crippen LogP contribution in [0.15, 0.2) is 4.52 Å². The molecule has 1 atom stereocenters. The van der Waals surface area contributed by atoms with Gasteiger partial charge in [-0.25, -0.2) is 9.67 Å². The summed E-state index contributed by atoms with van der Waals surface area (Å²) in [5.41, 5.74) is 0. The number of nitrogens with zero attached hydrogens (tertiary/aromatic N) is 5. The molecule has 1 aliphatic heterocycles. The lowest BCUT2D eigenvalue weighted by Gasteiger charge is -2.22. The quantitative estimate of drug-likeness (QED) is 0.890. The summed E-state index contributed by atoms with van der Waals surface area (Å²) in [4.78, 5) is 8.98. The highest BCUT2D eigenvalue weighted by Gasteiger charge is 2.29. The van der Waals surface area contributed by atoms with Crippen molar-refractivity contribution in [3.05, 3.63) is 23.4 Å². The molecule has 0 radical (unpaired) electrons. The Morgan fingerprint density at radius 2 is 2.14 bits per heavy atom. The third-order valence-electron chi connectivity index (χ3n) is 4.18. The molecule has 4 rings (SSSR count). The van der Waals surface area contributed by atoms with Crippen molar-refractivity contribution in [1.82, 2.24) is 30.2 Å². The van der Waals surface area contributed by atoms with E-state index in [9.17, 15) is 0 Å². The van der Waals surface area contributed by atoms with Crippen LogP contribution < -0.4 is 5.32 Å². The van der Waals surface area contributed by atoms with Crippen LogP contribution in [0.2, 0.25) is 0 Å². The second-order valence-electron chi connectivity index (χ2n) is 5.92. The summed E-state index contributed by atoms with van der Waals surface area (Å²) in [5.74, 6) is 4.14. The largest absolute Gasteiger partial charge is 0.339 e. The third kappa shape index (κ3) is 2.70. The SMILES string of the molecule is CCc1nc2n(n1)C[C@@H](NCc1noc(C3CC3)n1)CC2. The molecule has 0 unspecified atom stereocenters. The molecule has 0 saturated heterocycles. The third-order valence-corrected chi connectivity index (χ3v) is 4.18. The predicted octanol–water partition coefficient (Wildman–Crippen LogP) is 1.21. The van der Waals surface area contributed by atoms with Gasteiger partial charge in [-0.2, -0.15) is 10.1 Å². The van der Waals surface area contributed by atoms with E-state index in [-0.39, 0.29) is 0 Å². The molecule has 1 aliphatic carbocycles. The van der Waals surface area contributed by atoms with E-state index >= 15 is 0 Å². The van der Waals surface area contributed by atoms with Gasteiger partial charge in [0.05, 0.1) is 13.1 Å². The van der Waals surface area contributed by atoms with Crippen molar-refractivity contribution in [3.63, 3.8) is 0 Å². The molecular weight excluding hydrogens is 268 g/mol. The van der Waals surface area contributed by atoms with Crippen molar-refractivity contribution in [3.8, 4) is 0 Å². The Labute approximate surface area is 123 Å². The van der Waals surface area contributed by atoms with Crippen LogP contribution in [0.25, 0.3) is 0 Å². The standard InChI is InChI=1S/C14H20N6O/c1-2-11-16-13-6-5-10(8-20(13)18-11)15-7-12-17-14(21-19-12)9-3-4-9/h9-10,15H,2-8H2,1H3/t10-/m0/s1. The Kier molecular flexibility index (Phi) is 3.21. The maximum Gasteiger partial charge on any atom is 0.229 e. The summed E-state index contributed by atoms with van der Waals surface area (Å²) in [6.07, 6.45) is 5.32. The van der Waals surface area contributed by atoms with E-state index in [0.29, 0.717) is 18.5 Å². The molecule has 3 heterocycles. The molecule has 0 aromatic carbocycles. The molecule has 0 amide bonds. The first-order valence-electron chi connectivity index (χ1n) is 7.80. The zero-order chi connectivity index (χ0) is 14.2. The monoisotopic (exact) mass is 288 g/mol. The highest BCUT2D eigenvalue weighted by atomic mass is 16.5. The van der Waals surface area contributed by atoms with E-state index in [4.69, 9.17) is 4.52 Å². The van der Waals surface area contributed by atoms with E-state index in [0.717, 1.165) is 49.2 Å². The van der Waals surface area contributed by atoms with Crippen molar-refractivity contribution in [2.24, 2.45) is 0 Å². The van der Waals surface area contributed by atoms with Gasteiger partial charge in [0, 0.05) is 24.8 Å². The van der Waals surface area contributed by atoms with E-state index in [1.807, 2.05) is 4.68 Å². The molecule has 0 spiro atoms. The van der Waals surface area contributed by atoms with Gasteiger partial charge in [0.15, 0.2) is 11.6 Å². The Hall–Kier alpha value is -1.76. The maximum atomic E-state index is 5.27. The van der Waals surface area contributed by atoms with Crippen LogP contribution in [0.3, 0.4) is 0 Å². The van der Waals surface area contributed by atoms with Crippen molar-refractivity contribution in [1.29, 1.82) is 0 Å². The van der Waals surface area contributed by atoms with Gasteiger partial charge in [-0.15, -0.1) is 0 Å². The summed E-state index contributed by atoms with van der Waals surface area (Å²) in [6.45, 7) is 3.62. The first kappa shape index (κ1) is 12.9. The number of nitrogens with one attached hydrogen (secondary N) is 1. The average molecular weight is 288 g/mol. The van der Waals surface area contributed by atoms with Gasteiger partial charge in [-0.3, -0.25) is 0 Å². The fraction of sp³-hybridized carbons (Fsp3) is 0.714. The van der Waals surface area contributed by atoms with Crippen molar-refractivity contribution in [2.45, 2.75) is 64.1 Å². The van der Waals surface area contributed by atoms with Crippen LogP contribution >= 0.6 is 0 Å². The van der Waals surface area contributed by atoms with Crippen LogP contribution in [0.1, 0.15) is 55.5 Å². The highest BCUT2D eigenvalue weighted by molar-refractivity contribution is 5.02. The zero-order valence-electron chi connectivity index (χ0n) is 12.2. The Balaban J connectivity index is 1.34.